The van der Waals surface area contributed by atoms with Gasteiger partial charge >= 0.3 is 6.18 Å². The minimum atomic E-state index is -4.29. The first-order valence-electron chi connectivity index (χ1n) is 5.49. The third-order valence-corrected chi connectivity index (χ3v) is 2.49. The van der Waals surface area contributed by atoms with Crippen molar-refractivity contribution in [2.24, 2.45) is 0 Å². The Bertz CT molecular complexity index is 345. The van der Waals surface area contributed by atoms with Crippen molar-refractivity contribution in [1.82, 2.24) is 4.98 Å². The molecule has 0 unspecified atom stereocenters. The molecule has 0 N–H and O–H groups in total. The number of alkyl halides is 3. The van der Waals surface area contributed by atoms with Crippen LogP contribution in [0.1, 0.15) is 43.1 Å². The molecular weight excluding hydrogens is 215 g/mol. The minimum Gasteiger partial charge on any atom is -0.258 e. The Morgan fingerprint density at radius 3 is 2.38 bits per heavy atom. The second kappa shape index (κ2) is 5.32. The Balaban J connectivity index is 2.75. The van der Waals surface area contributed by atoms with Gasteiger partial charge in [0.05, 0.1) is 5.56 Å². The standard InChI is InChI=1S/C12H16F3N/c1-3-4-5-6-10-7-8-11(9(2)16-10)12(13,14)15/h7-8H,3-6H2,1-2H3. The lowest BCUT2D eigenvalue weighted by molar-refractivity contribution is -0.138. The zero-order valence-electron chi connectivity index (χ0n) is 9.56. The molecule has 0 spiro atoms. The molecule has 1 aromatic heterocycles. The number of rotatable bonds is 4. The van der Waals surface area contributed by atoms with Crippen LogP contribution < -0.4 is 0 Å². The monoisotopic (exact) mass is 231 g/mol. The summed E-state index contributed by atoms with van der Waals surface area (Å²) in [5.41, 5.74) is 0.187. The maximum atomic E-state index is 12.4. The summed E-state index contributed by atoms with van der Waals surface area (Å²) in [6, 6.07) is 2.61. The maximum absolute atomic E-state index is 12.4. The Kier molecular flexibility index (Phi) is 4.33. The predicted molar refractivity (Wildman–Crippen MR) is 57.2 cm³/mol. The smallest absolute Gasteiger partial charge is 0.258 e. The van der Waals surface area contributed by atoms with Gasteiger partial charge in [0, 0.05) is 11.4 Å². The molecular formula is C12H16F3N. The molecule has 1 rings (SSSR count). The lowest BCUT2D eigenvalue weighted by atomic mass is 10.1. The van der Waals surface area contributed by atoms with Crippen LogP contribution in [0.3, 0.4) is 0 Å². The molecule has 90 valence electrons. The first kappa shape index (κ1) is 13.0. The molecule has 0 saturated carbocycles. The fourth-order valence-corrected chi connectivity index (χ4v) is 1.61. The Morgan fingerprint density at radius 1 is 1.19 bits per heavy atom. The summed E-state index contributed by atoms with van der Waals surface area (Å²) in [5, 5.41) is 0. The van der Waals surface area contributed by atoms with Gasteiger partial charge in [-0.2, -0.15) is 13.2 Å². The van der Waals surface area contributed by atoms with Gasteiger partial charge in [-0.25, -0.2) is 0 Å². The summed E-state index contributed by atoms with van der Waals surface area (Å²) in [6.07, 6.45) is -0.373. The van der Waals surface area contributed by atoms with E-state index < -0.39 is 11.7 Å². The summed E-state index contributed by atoms with van der Waals surface area (Å²) in [6.45, 7) is 3.50. The van der Waals surface area contributed by atoms with Crippen LogP contribution in [-0.2, 0) is 12.6 Å². The maximum Gasteiger partial charge on any atom is 0.418 e. The third kappa shape index (κ3) is 3.51. The zero-order chi connectivity index (χ0) is 12.2. The van der Waals surface area contributed by atoms with Crippen LogP contribution >= 0.6 is 0 Å². The van der Waals surface area contributed by atoms with Crippen LogP contribution in [0.5, 0.6) is 0 Å². The summed E-state index contributed by atoms with van der Waals surface area (Å²) in [7, 11) is 0. The summed E-state index contributed by atoms with van der Waals surface area (Å²) in [4.78, 5) is 3.99. The van der Waals surface area contributed by atoms with Crippen molar-refractivity contribution in [1.29, 1.82) is 0 Å². The molecule has 0 aliphatic rings. The fourth-order valence-electron chi connectivity index (χ4n) is 1.61. The highest BCUT2D eigenvalue weighted by molar-refractivity contribution is 5.24. The van der Waals surface area contributed by atoms with Crippen molar-refractivity contribution in [3.05, 3.63) is 29.1 Å². The third-order valence-electron chi connectivity index (χ3n) is 2.49. The van der Waals surface area contributed by atoms with E-state index in [1.807, 2.05) is 0 Å². The average molecular weight is 231 g/mol. The van der Waals surface area contributed by atoms with Gasteiger partial charge in [0.15, 0.2) is 0 Å². The van der Waals surface area contributed by atoms with E-state index in [4.69, 9.17) is 0 Å². The minimum absolute atomic E-state index is 0.0708. The van der Waals surface area contributed by atoms with Crippen LogP contribution in [0.15, 0.2) is 12.1 Å². The number of nitrogens with zero attached hydrogens (tertiary/aromatic N) is 1. The molecule has 0 saturated heterocycles. The van der Waals surface area contributed by atoms with Crippen molar-refractivity contribution in [2.45, 2.75) is 45.7 Å². The van der Waals surface area contributed by atoms with Gasteiger partial charge in [-0.15, -0.1) is 0 Å². The van der Waals surface area contributed by atoms with Crippen LogP contribution in [0.4, 0.5) is 13.2 Å². The Morgan fingerprint density at radius 2 is 1.88 bits per heavy atom. The van der Waals surface area contributed by atoms with Gasteiger partial charge in [-0.1, -0.05) is 19.8 Å². The summed E-state index contributed by atoms with van der Waals surface area (Å²) in [5.74, 6) is 0. The number of halogens is 3. The van der Waals surface area contributed by atoms with Gasteiger partial charge in [0.1, 0.15) is 0 Å². The molecule has 0 aliphatic carbocycles. The first-order chi connectivity index (χ1) is 7.45. The molecule has 16 heavy (non-hydrogen) atoms. The van der Waals surface area contributed by atoms with E-state index in [-0.39, 0.29) is 5.69 Å². The molecule has 0 aliphatic heterocycles. The zero-order valence-corrected chi connectivity index (χ0v) is 9.56. The van der Waals surface area contributed by atoms with Gasteiger partial charge in [-0.05, 0) is 31.9 Å². The molecule has 0 radical (unpaired) electrons. The van der Waals surface area contributed by atoms with Crippen molar-refractivity contribution >= 4 is 0 Å². The molecule has 0 amide bonds. The Labute approximate surface area is 93.7 Å². The van der Waals surface area contributed by atoms with Gasteiger partial charge in [-0.3, -0.25) is 4.98 Å². The van der Waals surface area contributed by atoms with Crippen molar-refractivity contribution in [2.75, 3.05) is 0 Å². The second-order valence-corrected chi connectivity index (χ2v) is 3.89. The number of hydrogen-bond acceptors (Lipinski definition) is 1. The number of aryl methyl sites for hydroxylation is 2. The SMILES string of the molecule is CCCCCc1ccc(C(F)(F)F)c(C)n1. The average Bonchev–Trinajstić information content (AvgIpc) is 2.16. The van der Waals surface area contributed by atoms with Crippen LogP contribution in [-0.4, -0.2) is 4.98 Å². The van der Waals surface area contributed by atoms with E-state index >= 15 is 0 Å². The normalized spacial score (nSPS) is 11.8. The topological polar surface area (TPSA) is 12.9 Å². The summed E-state index contributed by atoms with van der Waals surface area (Å²) < 4.78 is 37.3. The van der Waals surface area contributed by atoms with E-state index in [9.17, 15) is 13.2 Å². The molecule has 4 heteroatoms. The van der Waals surface area contributed by atoms with E-state index in [2.05, 4.69) is 11.9 Å². The molecule has 1 heterocycles. The van der Waals surface area contributed by atoms with Crippen LogP contribution in [0.2, 0.25) is 0 Å². The fraction of sp³-hybridized carbons (Fsp3) is 0.583. The highest BCUT2D eigenvalue weighted by Gasteiger charge is 2.32. The molecule has 0 fully saturated rings. The van der Waals surface area contributed by atoms with Crippen molar-refractivity contribution < 1.29 is 13.2 Å². The summed E-state index contributed by atoms with van der Waals surface area (Å²) >= 11 is 0. The van der Waals surface area contributed by atoms with Gasteiger partial charge < -0.3 is 0 Å². The Hall–Kier alpha value is -1.06. The van der Waals surface area contributed by atoms with E-state index in [0.717, 1.165) is 37.4 Å². The largest absolute Gasteiger partial charge is 0.418 e. The number of hydrogen-bond donors (Lipinski definition) is 0. The van der Waals surface area contributed by atoms with Crippen LogP contribution in [0, 0.1) is 6.92 Å². The number of aromatic nitrogens is 1. The van der Waals surface area contributed by atoms with E-state index in [0.29, 0.717) is 0 Å². The first-order valence-corrected chi connectivity index (χ1v) is 5.49. The molecule has 1 nitrogen and oxygen atoms in total. The van der Waals surface area contributed by atoms with Gasteiger partial charge in [0.2, 0.25) is 0 Å². The van der Waals surface area contributed by atoms with Crippen molar-refractivity contribution in [3.8, 4) is 0 Å². The van der Waals surface area contributed by atoms with Gasteiger partial charge in [0.25, 0.3) is 0 Å². The molecule has 0 atom stereocenters. The van der Waals surface area contributed by atoms with E-state index in [1.165, 1.54) is 13.0 Å². The lowest BCUT2D eigenvalue weighted by Gasteiger charge is -2.10. The quantitative estimate of drug-likeness (QED) is 0.709. The van der Waals surface area contributed by atoms with E-state index in [1.54, 1.807) is 0 Å². The predicted octanol–water partition coefficient (Wildman–Crippen LogP) is 4.14. The van der Waals surface area contributed by atoms with Crippen LogP contribution in [0.25, 0.3) is 0 Å². The number of pyridine rings is 1. The van der Waals surface area contributed by atoms with Crippen molar-refractivity contribution in [3.63, 3.8) is 0 Å². The highest BCUT2D eigenvalue weighted by atomic mass is 19.4. The lowest BCUT2D eigenvalue weighted by Crippen LogP contribution is -2.09. The molecule has 1 aromatic rings. The molecule has 0 aromatic carbocycles. The molecule has 0 bridgehead atoms. The number of unbranched alkanes of at least 4 members (excludes halogenated alkanes) is 2. The highest BCUT2D eigenvalue weighted by Crippen LogP contribution is 2.31. The second-order valence-electron chi connectivity index (χ2n) is 3.89.